The highest BCUT2D eigenvalue weighted by Gasteiger charge is 2.51. The molecule has 0 aromatic carbocycles. The number of carbonyl (C=O) groups excluding carboxylic acids is 1. The van der Waals surface area contributed by atoms with Crippen LogP contribution in [-0.2, 0) is 9.53 Å². The SMILES string of the molecule is COC(=O)CCC1CC(C2(C)CCCCC2)C(O)C(C2(C)CCCCC2)C1. The van der Waals surface area contributed by atoms with Gasteiger partial charge in [-0.15, -0.1) is 0 Å². The lowest BCUT2D eigenvalue weighted by Crippen LogP contribution is -2.51. The molecule has 3 aliphatic rings. The number of esters is 1. The molecule has 0 spiro atoms. The maximum Gasteiger partial charge on any atom is 0.305 e. The average Bonchev–Trinajstić information content (AvgIpc) is 2.67. The van der Waals surface area contributed by atoms with Crippen LogP contribution in [-0.4, -0.2) is 24.3 Å². The van der Waals surface area contributed by atoms with Crippen molar-refractivity contribution in [3.63, 3.8) is 0 Å². The summed E-state index contributed by atoms with van der Waals surface area (Å²) in [6, 6.07) is 0. The predicted molar refractivity (Wildman–Crippen MR) is 109 cm³/mol. The molecule has 0 aromatic heterocycles. The molecule has 0 heterocycles. The molecule has 0 bridgehead atoms. The molecule has 3 nitrogen and oxygen atoms in total. The summed E-state index contributed by atoms with van der Waals surface area (Å²) in [5.41, 5.74) is 0.565. The standard InChI is InChI=1S/C24H42O3/c1-23(12-6-4-7-13-23)19-16-18(10-11-21(25)27-3)17-20(22(19)26)24(2)14-8-5-9-15-24/h18-20,22,26H,4-17H2,1-3H3. The number of hydrogen-bond donors (Lipinski definition) is 1. The van der Waals surface area contributed by atoms with Crippen molar-refractivity contribution in [2.75, 3.05) is 7.11 Å². The van der Waals surface area contributed by atoms with Crippen molar-refractivity contribution in [2.24, 2.45) is 28.6 Å². The smallest absolute Gasteiger partial charge is 0.305 e. The summed E-state index contributed by atoms with van der Waals surface area (Å²) < 4.78 is 4.90. The van der Waals surface area contributed by atoms with E-state index < -0.39 is 0 Å². The Bertz CT molecular complexity index is 454. The van der Waals surface area contributed by atoms with Gasteiger partial charge in [0.15, 0.2) is 0 Å². The Morgan fingerprint density at radius 1 is 0.889 bits per heavy atom. The summed E-state index contributed by atoms with van der Waals surface area (Å²) in [7, 11) is 1.49. The molecular weight excluding hydrogens is 336 g/mol. The van der Waals surface area contributed by atoms with Gasteiger partial charge in [-0.25, -0.2) is 0 Å². The summed E-state index contributed by atoms with van der Waals surface area (Å²) in [5, 5.41) is 11.6. The molecule has 0 aromatic rings. The molecule has 0 aliphatic heterocycles. The van der Waals surface area contributed by atoms with E-state index in [1.807, 2.05) is 0 Å². The molecule has 0 amide bonds. The van der Waals surface area contributed by atoms with Gasteiger partial charge in [0.1, 0.15) is 0 Å². The fraction of sp³-hybridized carbons (Fsp3) is 0.958. The normalized spacial score (nSPS) is 36.1. The molecule has 156 valence electrons. The van der Waals surface area contributed by atoms with Gasteiger partial charge < -0.3 is 9.84 Å². The Labute approximate surface area is 166 Å². The largest absolute Gasteiger partial charge is 0.469 e. The van der Waals surface area contributed by atoms with E-state index in [0.29, 0.717) is 24.2 Å². The monoisotopic (exact) mass is 378 g/mol. The zero-order valence-electron chi connectivity index (χ0n) is 18.0. The van der Waals surface area contributed by atoms with Crippen LogP contribution in [0.5, 0.6) is 0 Å². The van der Waals surface area contributed by atoms with Crippen LogP contribution in [0.3, 0.4) is 0 Å². The Kier molecular flexibility index (Phi) is 6.93. The second kappa shape index (κ2) is 8.84. The lowest BCUT2D eigenvalue weighted by Gasteiger charge is -2.54. The summed E-state index contributed by atoms with van der Waals surface area (Å²) in [5.74, 6) is 1.28. The van der Waals surface area contributed by atoms with Crippen LogP contribution in [0.15, 0.2) is 0 Å². The summed E-state index contributed by atoms with van der Waals surface area (Å²) >= 11 is 0. The Balaban J connectivity index is 1.80. The van der Waals surface area contributed by atoms with Crippen molar-refractivity contribution < 1.29 is 14.6 Å². The molecule has 3 rings (SSSR count). The van der Waals surface area contributed by atoms with Gasteiger partial charge in [-0.3, -0.25) is 4.79 Å². The first-order valence-electron chi connectivity index (χ1n) is 11.6. The highest BCUT2D eigenvalue weighted by Crippen LogP contribution is 2.56. The minimum Gasteiger partial charge on any atom is -0.469 e. The summed E-state index contributed by atoms with van der Waals surface area (Å²) in [6.07, 6.45) is 16.5. The molecule has 0 saturated heterocycles. The van der Waals surface area contributed by atoms with Gasteiger partial charge in [-0.2, -0.15) is 0 Å². The third-order valence-corrected chi connectivity index (χ3v) is 8.77. The van der Waals surface area contributed by atoms with Crippen LogP contribution < -0.4 is 0 Å². The lowest BCUT2D eigenvalue weighted by atomic mass is 9.52. The summed E-state index contributed by atoms with van der Waals surface area (Å²) in [6.45, 7) is 4.89. The van der Waals surface area contributed by atoms with E-state index in [1.165, 1.54) is 71.3 Å². The van der Waals surface area contributed by atoms with Crippen LogP contribution >= 0.6 is 0 Å². The van der Waals surface area contributed by atoms with Crippen molar-refractivity contribution in [3.05, 3.63) is 0 Å². The first-order valence-corrected chi connectivity index (χ1v) is 11.6. The fourth-order valence-electron chi connectivity index (χ4n) is 6.89. The number of aliphatic hydroxyl groups is 1. The topological polar surface area (TPSA) is 46.5 Å². The van der Waals surface area contributed by atoms with Crippen LogP contribution in [0.4, 0.5) is 0 Å². The van der Waals surface area contributed by atoms with E-state index >= 15 is 0 Å². The molecule has 27 heavy (non-hydrogen) atoms. The van der Waals surface area contributed by atoms with Crippen LogP contribution in [0.25, 0.3) is 0 Å². The Hall–Kier alpha value is -0.570. The number of aliphatic hydroxyl groups excluding tert-OH is 1. The Morgan fingerprint density at radius 2 is 1.33 bits per heavy atom. The second-order valence-electron chi connectivity index (χ2n) is 10.6. The molecule has 2 atom stereocenters. The van der Waals surface area contributed by atoms with Gasteiger partial charge in [0, 0.05) is 6.42 Å². The molecule has 1 N–H and O–H groups in total. The molecule has 3 heteroatoms. The minimum atomic E-state index is -0.162. The van der Waals surface area contributed by atoms with Gasteiger partial charge in [-0.1, -0.05) is 52.4 Å². The zero-order valence-corrected chi connectivity index (χ0v) is 18.0. The van der Waals surface area contributed by atoms with Gasteiger partial charge in [-0.05, 0) is 73.5 Å². The maximum atomic E-state index is 11.7. The number of carbonyl (C=O) groups is 1. The third kappa shape index (κ3) is 4.71. The second-order valence-corrected chi connectivity index (χ2v) is 10.6. The van der Waals surface area contributed by atoms with Crippen molar-refractivity contribution in [1.82, 2.24) is 0 Å². The van der Waals surface area contributed by atoms with E-state index in [1.54, 1.807) is 0 Å². The van der Waals surface area contributed by atoms with Crippen LogP contribution in [0.1, 0.15) is 104 Å². The van der Waals surface area contributed by atoms with Gasteiger partial charge >= 0.3 is 5.97 Å². The van der Waals surface area contributed by atoms with Crippen molar-refractivity contribution in [2.45, 2.75) is 110 Å². The van der Waals surface area contributed by atoms with E-state index in [-0.39, 0.29) is 22.9 Å². The van der Waals surface area contributed by atoms with Crippen molar-refractivity contribution in [3.8, 4) is 0 Å². The first kappa shape index (κ1) is 21.1. The van der Waals surface area contributed by atoms with E-state index in [0.717, 1.165) is 19.3 Å². The molecular formula is C24H42O3. The Morgan fingerprint density at radius 3 is 1.74 bits per heavy atom. The molecule has 0 radical (unpaired) electrons. The van der Waals surface area contributed by atoms with Gasteiger partial charge in [0.2, 0.25) is 0 Å². The molecule has 2 unspecified atom stereocenters. The van der Waals surface area contributed by atoms with E-state index in [2.05, 4.69) is 13.8 Å². The number of hydrogen-bond acceptors (Lipinski definition) is 3. The average molecular weight is 379 g/mol. The van der Waals surface area contributed by atoms with Crippen molar-refractivity contribution in [1.29, 1.82) is 0 Å². The third-order valence-electron chi connectivity index (χ3n) is 8.77. The number of rotatable bonds is 5. The highest BCUT2D eigenvalue weighted by atomic mass is 16.5. The first-order chi connectivity index (χ1) is 12.9. The molecule has 3 fully saturated rings. The summed E-state index contributed by atoms with van der Waals surface area (Å²) in [4.78, 5) is 11.7. The predicted octanol–water partition coefficient (Wildman–Crippen LogP) is 5.88. The van der Waals surface area contributed by atoms with Crippen LogP contribution in [0, 0.1) is 28.6 Å². The quantitative estimate of drug-likeness (QED) is 0.607. The van der Waals surface area contributed by atoms with E-state index in [4.69, 9.17) is 4.74 Å². The minimum absolute atomic E-state index is 0.0815. The fourth-order valence-corrected chi connectivity index (χ4v) is 6.89. The van der Waals surface area contributed by atoms with Crippen molar-refractivity contribution >= 4 is 5.97 Å². The maximum absolute atomic E-state index is 11.7. The molecule has 3 saturated carbocycles. The number of ether oxygens (including phenoxy) is 1. The van der Waals surface area contributed by atoms with Gasteiger partial charge in [0.05, 0.1) is 13.2 Å². The lowest BCUT2D eigenvalue weighted by molar-refractivity contribution is -0.142. The van der Waals surface area contributed by atoms with Gasteiger partial charge in [0.25, 0.3) is 0 Å². The molecule has 3 aliphatic carbocycles. The highest BCUT2D eigenvalue weighted by molar-refractivity contribution is 5.69. The van der Waals surface area contributed by atoms with Crippen LogP contribution in [0.2, 0.25) is 0 Å². The zero-order chi connectivity index (χ0) is 19.5. The van der Waals surface area contributed by atoms with E-state index in [9.17, 15) is 9.90 Å². The number of methoxy groups -OCH3 is 1.